The number of anilines is 1. The Hall–Kier alpha value is -0.763. The van der Waals surface area contributed by atoms with Crippen LogP contribution in [-0.4, -0.2) is 15.3 Å². The molecular weight excluding hydrogens is 210 g/mol. The molecule has 2 rings (SSSR count). The number of nitrogens with one attached hydrogen (secondary N) is 1. The van der Waals surface area contributed by atoms with E-state index in [0.29, 0.717) is 0 Å². The summed E-state index contributed by atoms with van der Waals surface area (Å²) in [6, 6.07) is 9.76. The predicted molar refractivity (Wildman–Crippen MR) is 75.2 cm³/mol. The molecule has 0 spiro atoms. The van der Waals surface area contributed by atoms with E-state index in [1.165, 1.54) is 36.3 Å². The van der Waals surface area contributed by atoms with E-state index in [1.54, 1.807) is 5.56 Å². The molecule has 0 radical (unpaired) electrons. The predicted octanol–water partition coefficient (Wildman–Crippen LogP) is 3.60. The molecule has 88 valence electrons. The monoisotopic (exact) mass is 233 g/mol. The van der Waals surface area contributed by atoms with Crippen LogP contribution in [-0.2, 0) is 6.42 Å². The van der Waals surface area contributed by atoms with Gasteiger partial charge in [-0.2, -0.15) is 0 Å². The Morgan fingerprint density at radius 3 is 2.75 bits per heavy atom. The van der Waals surface area contributed by atoms with E-state index >= 15 is 0 Å². The van der Waals surface area contributed by atoms with E-state index in [0.717, 1.165) is 5.54 Å². The molecule has 0 aliphatic carbocycles. The van der Waals surface area contributed by atoms with Crippen LogP contribution in [0.4, 0.5) is 5.69 Å². The van der Waals surface area contributed by atoms with Gasteiger partial charge in [-0.3, -0.25) is 0 Å². The minimum absolute atomic E-state index is 0.507. The Morgan fingerprint density at radius 2 is 2.06 bits per heavy atom. The zero-order chi connectivity index (χ0) is 11.5. The molecule has 0 bridgehead atoms. The van der Waals surface area contributed by atoms with Gasteiger partial charge < -0.3 is 5.32 Å². The van der Waals surface area contributed by atoms with Crippen LogP contribution in [0.3, 0.4) is 0 Å². The fourth-order valence-electron chi connectivity index (χ4n) is 2.92. The van der Waals surface area contributed by atoms with Crippen LogP contribution >= 0.6 is 0 Å². The SMILES string of the molecule is CC[SiH](CC)[C@H]1CNc2cc(C)ccc2C1. The van der Waals surface area contributed by atoms with E-state index < -0.39 is 8.80 Å². The third kappa shape index (κ3) is 2.32. The summed E-state index contributed by atoms with van der Waals surface area (Å²) >= 11 is 0. The fourth-order valence-corrected chi connectivity index (χ4v) is 5.87. The lowest BCUT2D eigenvalue weighted by Gasteiger charge is -2.31. The summed E-state index contributed by atoms with van der Waals surface area (Å²) in [5.74, 6) is 0. The van der Waals surface area contributed by atoms with Crippen molar-refractivity contribution in [2.24, 2.45) is 0 Å². The summed E-state index contributed by atoms with van der Waals surface area (Å²) < 4.78 is 0. The second kappa shape index (κ2) is 5.04. The molecule has 1 N–H and O–H groups in total. The van der Waals surface area contributed by atoms with Crippen LogP contribution in [0.15, 0.2) is 18.2 Å². The van der Waals surface area contributed by atoms with Gasteiger partial charge in [-0.05, 0) is 36.1 Å². The molecule has 0 amide bonds. The minimum atomic E-state index is -0.507. The molecule has 0 fully saturated rings. The highest BCUT2D eigenvalue weighted by Gasteiger charge is 2.24. The van der Waals surface area contributed by atoms with Crippen molar-refractivity contribution in [3.63, 3.8) is 0 Å². The molecule has 1 aliphatic rings. The van der Waals surface area contributed by atoms with Crippen molar-refractivity contribution < 1.29 is 0 Å². The molecule has 2 heteroatoms. The molecule has 16 heavy (non-hydrogen) atoms. The van der Waals surface area contributed by atoms with Crippen molar-refractivity contribution >= 4 is 14.5 Å². The quantitative estimate of drug-likeness (QED) is 0.787. The topological polar surface area (TPSA) is 12.0 Å². The van der Waals surface area contributed by atoms with Crippen LogP contribution in [0.25, 0.3) is 0 Å². The summed E-state index contributed by atoms with van der Waals surface area (Å²) in [4.78, 5) is 0. The van der Waals surface area contributed by atoms with Crippen LogP contribution in [0.1, 0.15) is 25.0 Å². The number of benzene rings is 1. The summed E-state index contributed by atoms with van der Waals surface area (Å²) in [6.45, 7) is 8.15. The van der Waals surface area contributed by atoms with Gasteiger partial charge in [0.2, 0.25) is 0 Å². The van der Waals surface area contributed by atoms with Gasteiger partial charge in [0.1, 0.15) is 0 Å². The van der Waals surface area contributed by atoms with Gasteiger partial charge in [-0.1, -0.05) is 38.1 Å². The minimum Gasteiger partial charge on any atom is -0.385 e. The maximum atomic E-state index is 3.64. The first-order valence-electron chi connectivity index (χ1n) is 6.58. The smallest absolute Gasteiger partial charge is 0.0419 e. The molecule has 1 nitrogen and oxygen atoms in total. The standard InChI is InChI=1S/C14H23NSi/c1-4-16(5-2)13-9-12-7-6-11(3)8-14(12)15-10-13/h6-8,13,15-16H,4-5,9-10H2,1-3H3/t13-/m1/s1. The Balaban J connectivity index is 2.14. The van der Waals surface area contributed by atoms with Crippen molar-refractivity contribution in [2.45, 2.75) is 44.8 Å². The molecule has 0 saturated heterocycles. The number of hydrogen-bond donors (Lipinski definition) is 1. The third-order valence-corrected chi connectivity index (χ3v) is 7.92. The normalized spacial score (nSPS) is 19.4. The van der Waals surface area contributed by atoms with Gasteiger partial charge in [0.25, 0.3) is 0 Å². The van der Waals surface area contributed by atoms with Gasteiger partial charge in [-0.25, -0.2) is 0 Å². The van der Waals surface area contributed by atoms with Crippen molar-refractivity contribution in [3.8, 4) is 0 Å². The highest BCUT2D eigenvalue weighted by atomic mass is 28.3. The molecule has 0 saturated carbocycles. The maximum Gasteiger partial charge on any atom is 0.0419 e. The Labute approximate surface area is 101 Å². The van der Waals surface area contributed by atoms with Crippen LogP contribution in [0, 0.1) is 6.92 Å². The van der Waals surface area contributed by atoms with Crippen molar-refractivity contribution in [3.05, 3.63) is 29.3 Å². The second-order valence-corrected chi connectivity index (χ2v) is 9.18. The average Bonchev–Trinajstić information content (AvgIpc) is 2.31. The van der Waals surface area contributed by atoms with Gasteiger partial charge in [0.05, 0.1) is 0 Å². The lowest BCUT2D eigenvalue weighted by atomic mass is 10.0. The maximum absolute atomic E-state index is 3.64. The Morgan fingerprint density at radius 1 is 1.31 bits per heavy atom. The van der Waals surface area contributed by atoms with Crippen LogP contribution < -0.4 is 5.32 Å². The number of aryl methyl sites for hydroxylation is 1. The lowest BCUT2D eigenvalue weighted by Crippen LogP contribution is -2.30. The summed E-state index contributed by atoms with van der Waals surface area (Å²) in [5, 5.41) is 3.64. The Bertz CT molecular complexity index is 358. The first kappa shape index (κ1) is 11.7. The molecule has 1 heterocycles. The van der Waals surface area contributed by atoms with Crippen molar-refractivity contribution in [1.29, 1.82) is 0 Å². The fraction of sp³-hybridized carbons (Fsp3) is 0.571. The highest BCUT2D eigenvalue weighted by molar-refractivity contribution is 6.60. The third-order valence-electron chi connectivity index (χ3n) is 4.02. The largest absolute Gasteiger partial charge is 0.385 e. The van der Waals surface area contributed by atoms with Crippen LogP contribution in [0.2, 0.25) is 17.6 Å². The molecule has 1 aromatic rings. The first-order valence-corrected chi connectivity index (χ1v) is 8.88. The van der Waals surface area contributed by atoms with E-state index in [-0.39, 0.29) is 0 Å². The molecule has 0 unspecified atom stereocenters. The highest BCUT2D eigenvalue weighted by Crippen LogP contribution is 2.31. The van der Waals surface area contributed by atoms with E-state index in [2.05, 4.69) is 44.3 Å². The van der Waals surface area contributed by atoms with E-state index in [9.17, 15) is 0 Å². The summed E-state index contributed by atoms with van der Waals surface area (Å²) in [7, 11) is -0.507. The average molecular weight is 233 g/mol. The zero-order valence-corrected chi connectivity index (χ0v) is 11.9. The van der Waals surface area contributed by atoms with Crippen molar-refractivity contribution in [1.82, 2.24) is 0 Å². The lowest BCUT2D eigenvalue weighted by molar-refractivity contribution is 0.795. The number of fused-ring (bicyclic) bond motifs is 1. The molecule has 0 aromatic heterocycles. The first-order chi connectivity index (χ1) is 7.74. The van der Waals surface area contributed by atoms with Crippen molar-refractivity contribution in [2.75, 3.05) is 11.9 Å². The Kier molecular flexibility index (Phi) is 3.69. The molecule has 1 atom stereocenters. The van der Waals surface area contributed by atoms with Gasteiger partial charge >= 0.3 is 0 Å². The van der Waals surface area contributed by atoms with Crippen LogP contribution in [0.5, 0.6) is 0 Å². The summed E-state index contributed by atoms with van der Waals surface area (Å²) in [6.07, 6.45) is 1.32. The molecule has 1 aromatic carbocycles. The molecule has 1 aliphatic heterocycles. The molecular formula is C14H23NSi. The number of hydrogen-bond acceptors (Lipinski definition) is 1. The second-order valence-electron chi connectivity index (χ2n) is 5.08. The number of rotatable bonds is 3. The van der Waals surface area contributed by atoms with E-state index in [1.807, 2.05) is 0 Å². The van der Waals surface area contributed by atoms with Gasteiger partial charge in [-0.15, -0.1) is 0 Å². The van der Waals surface area contributed by atoms with E-state index in [4.69, 9.17) is 0 Å². The summed E-state index contributed by atoms with van der Waals surface area (Å²) in [5.41, 5.74) is 5.26. The van der Waals surface area contributed by atoms with Gasteiger partial charge in [0, 0.05) is 21.0 Å². The van der Waals surface area contributed by atoms with Gasteiger partial charge in [0.15, 0.2) is 0 Å². The zero-order valence-electron chi connectivity index (χ0n) is 10.7.